The van der Waals surface area contributed by atoms with Crippen LogP contribution in [0.4, 0.5) is 5.69 Å². The van der Waals surface area contributed by atoms with Gasteiger partial charge < -0.3 is 5.32 Å². The molecule has 0 saturated heterocycles. The first kappa shape index (κ1) is 14.2. The summed E-state index contributed by atoms with van der Waals surface area (Å²) in [5, 5.41) is 16.2. The van der Waals surface area contributed by atoms with E-state index in [2.05, 4.69) is 16.5 Å². The second-order valence-electron chi connectivity index (χ2n) is 5.01. The number of amides is 1. The van der Waals surface area contributed by atoms with Crippen molar-refractivity contribution in [2.45, 2.75) is 40.0 Å². The Morgan fingerprint density at radius 3 is 2.72 bits per heavy atom. The number of nitrogens with one attached hydrogen (secondary N) is 1. The Labute approximate surface area is 108 Å². The van der Waals surface area contributed by atoms with Gasteiger partial charge in [0.25, 0.3) is 0 Å². The topological polar surface area (TPSA) is 70.7 Å². The Kier molecular flexibility index (Phi) is 4.12. The molecule has 0 saturated carbocycles. The number of hydrogen-bond acceptors (Lipinski definition) is 3. The van der Waals surface area contributed by atoms with Crippen molar-refractivity contribution < 1.29 is 4.79 Å². The summed E-state index contributed by atoms with van der Waals surface area (Å²) in [4.78, 5) is 12.1. The van der Waals surface area contributed by atoms with E-state index in [9.17, 15) is 4.79 Å². The van der Waals surface area contributed by atoms with Crippen LogP contribution in [-0.2, 0) is 11.8 Å². The monoisotopic (exact) mass is 248 g/mol. The van der Waals surface area contributed by atoms with Crippen molar-refractivity contribution in [2.75, 3.05) is 5.32 Å². The van der Waals surface area contributed by atoms with Gasteiger partial charge in [-0.15, -0.1) is 0 Å². The maximum absolute atomic E-state index is 12.1. The zero-order chi connectivity index (χ0) is 13.9. The summed E-state index contributed by atoms with van der Waals surface area (Å²) >= 11 is 0. The van der Waals surface area contributed by atoms with Crippen molar-refractivity contribution in [1.29, 1.82) is 5.26 Å². The summed E-state index contributed by atoms with van der Waals surface area (Å²) in [6.07, 6.45) is 2.24. The van der Waals surface area contributed by atoms with Crippen LogP contribution in [0, 0.1) is 16.7 Å². The number of nitrogens with zero attached hydrogens (tertiary/aromatic N) is 3. The van der Waals surface area contributed by atoms with Crippen LogP contribution in [0.15, 0.2) is 6.20 Å². The Bertz CT molecular complexity index is 484. The van der Waals surface area contributed by atoms with E-state index < -0.39 is 5.41 Å². The molecule has 0 aliphatic carbocycles. The smallest absolute Gasteiger partial charge is 0.244 e. The summed E-state index contributed by atoms with van der Waals surface area (Å²) in [6, 6.07) is 2.06. The molecule has 98 valence electrons. The summed E-state index contributed by atoms with van der Waals surface area (Å²) in [5.41, 5.74) is 0.527. The predicted octanol–water partition coefficient (Wildman–Crippen LogP) is 2.42. The molecular weight excluding hydrogens is 228 g/mol. The number of hydrogen-bond donors (Lipinski definition) is 1. The van der Waals surface area contributed by atoms with Gasteiger partial charge in [-0.25, -0.2) is 0 Å². The van der Waals surface area contributed by atoms with Gasteiger partial charge in [0.1, 0.15) is 5.41 Å². The van der Waals surface area contributed by atoms with Gasteiger partial charge in [0, 0.05) is 13.2 Å². The van der Waals surface area contributed by atoms with Crippen molar-refractivity contribution in [1.82, 2.24) is 9.78 Å². The van der Waals surface area contributed by atoms with Crippen molar-refractivity contribution in [3.05, 3.63) is 11.9 Å². The lowest BCUT2D eigenvalue weighted by Crippen LogP contribution is -2.31. The van der Waals surface area contributed by atoms with Gasteiger partial charge in [0.15, 0.2) is 0 Å². The molecule has 0 aliphatic rings. The second-order valence-corrected chi connectivity index (χ2v) is 5.01. The first-order valence-electron chi connectivity index (χ1n) is 6.10. The zero-order valence-corrected chi connectivity index (χ0v) is 11.6. The normalized spacial score (nSPS) is 14.1. The molecule has 1 unspecified atom stereocenters. The van der Waals surface area contributed by atoms with E-state index in [1.165, 1.54) is 0 Å². The highest BCUT2D eigenvalue weighted by Crippen LogP contribution is 2.26. The molecule has 1 aromatic rings. The van der Waals surface area contributed by atoms with Crippen LogP contribution in [0.25, 0.3) is 0 Å². The Morgan fingerprint density at radius 1 is 1.67 bits per heavy atom. The van der Waals surface area contributed by atoms with E-state index in [0.717, 1.165) is 5.69 Å². The highest BCUT2D eigenvalue weighted by atomic mass is 16.2. The predicted molar refractivity (Wildman–Crippen MR) is 69.9 cm³/mol. The van der Waals surface area contributed by atoms with Crippen LogP contribution in [0.1, 0.15) is 45.7 Å². The van der Waals surface area contributed by atoms with Gasteiger partial charge in [0.05, 0.1) is 17.5 Å². The summed E-state index contributed by atoms with van der Waals surface area (Å²) in [5.74, 6) is -0.0566. The van der Waals surface area contributed by atoms with Gasteiger partial charge in [-0.2, -0.15) is 10.4 Å². The molecule has 1 N–H and O–H groups in total. The molecule has 1 rings (SSSR count). The first-order chi connectivity index (χ1) is 8.34. The van der Waals surface area contributed by atoms with E-state index in [1.54, 1.807) is 17.8 Å². The molecule has 1 aromatic heterocycles. The molecule has 1 atom stereocenters. The number of aryl methyl sites for hydroxylation is 1. The van der Waals surface area contributed by atoms with Crippen LogP contribution >= 0.6 is 0 Å². The van der Waals surface area contributed by atoms with Crippen molar-refractivity contribution >= 4 is 11.6 Å². The van der Waals surface area contributed by atoms with Crippen LogP contribution in [-0.4, -0.2) is 15.7 Å². The van der Waals surface area contributed by atoms with Crippen LogP contribution in [0.2, 0.25) is 0 Å². The van der Waals surface area contributed by atoms with Gasteiger partial charge in [-0.1, -0.05) is 20.8 Å². The van der Waals surface area contributed by atoms with Gasteiger partial charge in [0.2, 0.25) is 5.91 Å². The fraction of sp³-hybridized carbons (Fsp3) is 0.615. The third kappa shape index (κ3) is 2.70. The number of carbonyl (C=O) groups excluding carboxylic acids is 1. The molecule has 0 bridgehead atoms. The van der Waals surface area contributed by atoms with E-state index in [0.29, 0.717) is 12.1 Å². The fourth-order valence-electron chi connectivity index (χ4n) is 1.58. The molecule has 0 aromatic carbocycles. The fourth-order valence-corrected chi connectivity index (χ4v) is 1.58. The lowest BCUT2D eigenvalue weighted by atomic mass is 9.88. The molecule has 18 heavy (non-hydrogen) atoms. The molecule has 5 nitrogen and oxygen atoms in total. The average Bonchev–Trinajstić information content (AvgIpc) is 2.69. The zero-order valence-electron chi connectivity index (χ0n) is 11.6. The molecular formula is C13H20N4O. The highest BCUT2D eigenvalue weighted by molar-refractivity contribution is 5.97. The van der Waals surface area contributed by atoms with Crippen LogP contribution < -0.4 is 5.32 Å². The maximum atomic E-state index is 12.1. The Morgan fingerprint density at radius 2 is 2.28 bits per heavy atom. The van der Waals surface area contributed by atoms with Crippen LogP contribution in [0.3, 0.4) is 0 Å². The van der Waals surface area contributed by atoms with E-state index in [1.807, 2.05) is 27.8 Å². The van der Waals surface area contributed by atoms with Crippen molar-refractivity contribution in [3.8, 4) is 6.07 Å². The van der Waals surface area contributed by atoms with Crippen molar-refractivity contribution in [2.24, 2.45) is 12.5 Å². The molecule has 1 heterocycles. The van der Waals surface area contributed by atoms with E-state index in [4.69, 9.17) is 5.26 Å². The van der Waals surface area contributed by atoms with Crippen molar-refractivity contribution in [3.63, 3.8) is 0 Å². The summed E-state index contributed by atoms with van der Waals surface area (Å²) in [7, 11) is 1.81. The molecule has 0 aliphatic heterocycles. The molecule has 0 radical (unpaired) electrons. The number of anilines is 1. The third-order valence-corrected chi connectivity index (χ3v) is 3.11. The SMILES string of the molecule is CCC(C)(C#N)C(=O)Nc1cn(C)nc1C(C)C. The largest absolute Gasteiger partial charge is 0.322 e. The molecule has 0 fully saturated rings. The maximum Gasteiger partial charge on any atom is 0.244 e. The minimum Gasteiger partial charge on any atom is -0.322 e. The number of aromatic nitrogens is 2. The summed E-state index contributed by atoms with van der Waals surface area (Å²) < 4.78 is 1.67. The minimum atomic E-state index is -0.996. The lowest BCUT2D eigenvalue weighted by Gasteiger charge is -2.18. The van der Waals surface area contributed by atoms with Gasteiger partial charge >= 0.3 is 0 Å². The van der Waals surface area contributed by atoms with E-state index >= 15 is 0 Å². The lowest BCUT2D eigenvalue weighted by molar-refractivity contribution is -0.122. The third-order valence-electron chi connectivity index (χ3n) is 3.11. The highest BCUT2D eigenvalue weighted by Gasteiger charge is 2.32. The quantitative estimate of drug-likeness (QED) is 0.889. The molecule has 5 heteroatoms. The first-order valence-corrected chi connectivity index (χ1v) is 6.10. The Balaban J connectivity index is 2.99. The number of rotatable bonds is 4. The second kappa shape index (κ2) is 5.21. The average molecular weight is 248 g/mol. The Hall–Kier alpha value is -1.83. The molecule has 0 spiro atoms. The van der Waals surface area contributed by atoms with E-state index in [-0.39, 0.29) is 11.8 Å². The minimum absolute atomic E-state index is 0.219. The van der Waals surface area contributed by atoms with Crippen LogP contribution in [0.5, 0.6) is 0 Å². The number of carbonyl (C=O) groups is 1. The van der Waals surface area contributed by atoms with Gasteiger partial charge in [-0.05, 0) is 19.3 Å². The van der Waals surface area contributed by atoms with Gasteiger partial charge in [-0.3, -0.25) is 9.48 Å². The number of nitriles is 1. The molecule has 1 amide bonds. The summed E-state index contributed by atoms with van der Waals surface area (Å²) in [6.45, 7) is 7.51. The standard InChI is InChI=1S/C13H20N4O/c1-6-13(4,8-14)12(18)15-10-7-17(5)16-11(10)9(2)3/h7,9H,6H2,1-5H3,(H,15,18).